The Hall–Kier alpha value is -3.16. The Kier molecular flexibility index (Phi) is 6.48. The summed E-state index contributed by atoms with van der Waals surface area (Å²) >= 11 is 0. The second-order valence-electron chi connectivity index (χ2n) is 5.59. The highest BCUT2D eigenvalue weighted by molar-refractivity contribution is 5.98. The van der Waals surface area contributed by atoms with Crippen molar-refractivity contribution in [1.29, 1.82) is 0 Å². The first-order valence-corrected chi connectivity index (χ1v) is 8.20. The molecule has 2 aromatic rings. The molecule has 1 heterocycles. The Morgan fingerprint density at radius 2 is 1.92 bits per heavy atom. The normalized spacial score (nSPS) is 11.5. The quantitative estimate of drug-likeness (QED) is 0.724. The summed E-state index contributed by atoms with van der Waals surface area (Å²) < 4.78 is 10.1. The standard InChI is InChI=1S/C18H21N3O5/c1-4-19-17(23)11(2)20-14(22)10-25-18(24)15-12(3)26-21-16(15)13-8-6-5-7-9-13/h5-9,11H,4,10H2,1-3H3,(H,19,23)(H,20,22)/t11-/m0/s1. The van der Waals surface area contributed by atoms with Crippen molar-refractivity contribution < 1.29 is 23.6 Å². The summed E-state index contributed by atoms with van der Waals surface area (Å²) in [4.78, 5) is 35.8. The van der Waals surface area contributed by atoms with E-state index in [0.29, 0.717) is 23.6 Å². The maximum absolute atomic E-state index is 12.4. The summed E-state index contributed by atoms with van der Waals surface area (Å²) in [6, 6.07) is 8.31. The number of amides is 2. The van der Waals surface area contributed by atoms with Gasteiger partial charge in [-0.1, -0.05) is 35.5 Å². The molecule has 0 radical (unpaired) electrons. The first kappa shape index (κ1) is 19.2. The van der Waals surface area contributed by atoms with Gasteiger partial charge in [0.2, 0.25) is 5.91 Å². The van der Waals surface area contributed by atoms with Crippen molar-refractivity contribution in [3.8, 4) is 11.3 Å². The highest BCUT2D eigenvalue weighted by Gasteiger charge is 2.24. The van der Waals surface area contributed by atoms with E-state index in [1.165, 1.54) is 0 Å². The smallest absolute Gasteiger partial charge is 0.344 e. The molecular formula is C18H21N3O5. The molecule has 0 fully saturated rings. The molecule has 2 amide bonds. The fourth-order valence-corrected chi connectivity index (χ4v) is 2.28. The van der Waals surface area contributed by atoms with Gasteiger partial charge < -0.3 is 19.9 Å². The number of ether oxygens (including phenoxy) is 1. The van der Waals surface area contributed by atoms with Crippen LogP contribution in [-0.4, -0.2) is 42.1 Å². The Bertz CT molecular complexity index is 785. The molecule has 8 heteroatoms. The molecule has 0 aliphatic heterocycles. The van der Waals surface area contributed by atoms with Crippen molar-refractivity contribution in [2.24, 2.45) is 0 Å². The Balaban J connectivity index is 2.00. The molecular weight excluding hydrogens is 338 g/mol. The highest BCUT2D eigenvalue weighted by atomic mass is 16.5. The lowest BCUT2D eigenvalue weighted by atomic mass is 10.1. The average Bonchev–Trinajstić information content (AvgIpc) is 3.02. The summed E-state index contributed by atoms with van der Waals surface area (Å²) in [5.74, 6) is -1.31. The molecule has 138 valence electrons. The lowest BCUT2D eigenvalue weighted by molar-refractivity contribution is -0.130. The molecule has 1 aromatic carbocycles. The molecule has 2 rings (SSSR count). The number of carbonyl (C=O) groups excluding carboxylic acids is 3. The maximum Gasteiger partial charge on any atom is 0.344 e. The fourth-order valence-electron chi connectivity index (χ4n) is 2.28. The maximum atomic E-state index is 12.4. The van der Waals surface area contributed by atoms with E-state index in [-0.39, 0.29) is 11.5 Å². The summed E-state index contributed by atoms with van der Waals surface area (Å²) in [6.45, 7) is 4.86. The molecule has 0 aliphatic carbocycles. The van der Waals surface area contributed by atoms with Gasteiger partial charge in [-0.15, -0.1) is 0 Å². The number of carbonyl (C=O) groups is 3. The van der Waals surface area contributed by atoms with Crippen LogP contribution < -0.4 is 10.6 Å². The minimum absolute atomic E-state index is 0.167. The van der Waals surface area contributed by atoms with E-state index in [0.717, 1.165) is 0 Å². The predicted octanol–water partition coefficient (Wildman–Crippen LogP) is 1.45. The van der Waals surface area contributed by atoms with Crippen LogP contribution in [0.5, 0.6) is 0 Å². The third-order valence-electron chi connectivity index (χ3n) is 3.57. The first-order valence-electron chi connectivity index (χ1n) is 8.20. The molecule has 0 aliphatic rings. The SMILES string of the molecule is CCNC(=O)[C@H](C)NC(=O)COC(=O)c1c(-c2ccccc2)noc1C. The minimum Gasteiger partial charge on any atom is -0.452 e. The van der Waals surface area contributed by atoms with Crippen LogP contribution >= 0.6 is 0 Å². The molecule has 2 N–H and O–H groups in total. The van der Waals surface area contributed by atoms with Gasteiger partial charge in [0.05, 0.1) is 0 Å². The van der Waals surface area contributed by atoms with E-state index in [9.17, 15) is 14.4 Å². The van der Waals surface area contributed by atoms with Crippen LogP contribution in [0, 0.1) is 6.92 Å². The zero-order valence-corrected chi connectivity index (χ0v) is 14.9. The van der Waals surface area contributed by atoms with E-state index in [4.69, 9.17) is 9.26 Å². The lowest BCUT2D eigenvalue weighted by Gasteiger charge is -2.13. The molecule has 1 aromatic heterocycles. The van der Waals surface area contributed by atoms with Crippen LogP contribution in [0.15, 0.2) is 34.9 Å². The summed E-state index contributed by atoms with van der Waals surface area (Å²) in [6.07, 6.45) is 0. The second kappa shape index (κ2) is 8.80. The monoisotopic (exact) mass is 359 g/mol. The van der Waals surface area contributed by atoms with Crippen molar-refractivity contribution in [2.75, 3.05) is 13.2 Å². The number of aryl methyl sites for hydroxylation is 1. The van der Waals surface area contributed by atoms with Crippen LogP contribution in [0.1, 0.15) is 30.0 Å². The van der Waals surface area contributed by atoms with Crippen LogP contribution in [0.3, 0.4) is 0 Å². The third-order valence-corrected chi connectivity index (χ3v) is 3.57. The molecule has 0 saturated carbocycles. The number of benzene rings is 1. The lowest BCUT2D eigenvalue weighted by Crippen LogP contribution is -2.46. The number of hydrogen-bond donors (Lipinski definition) is 2. The number of likely N-dealkylation sites (N-methyl/N-ethyl adjacent to an activating group) is 1. The molecule has 1 atom stereocenters. The molecule has 0 spiro atoms. The molecule has 8 nitrogen and oxygen atoms in total. The second-order valence-corrected chi connectivity index (χ2v) is 5.59. The van der Waals surface area contributed by atoms with Gasteiger partial charge in [0.25, 0.3) is 5.91 Å². The van der Waals surface area contributed by atoms with Crippen LogP contribution in [0.4, 0.5) is 0 Å². The van der Waals surface area contributed by atoms with Crippen molar-refractivity contribution in [3.63, 3.8) is 0 Å². The van der Waals surface area contributed by atoms with Crippen molar-refractivity contribution in [3.05, 3.63) is 41.7 Å². The van der Waals surface area contributed by atoms with Crippen LogP contribution in [0.25, 0.3) is 11.3 Å². The average molecular weight is 359 g/mol. The summed E-state index contributed by atoms with van der Waals surface area (Å²) in [5, 5.41) is 8.94. The molecule has 0 saturated heterocycles. The van der Waals surface area contributed by atoms with Crippen molar-refractivity contribution in [2.45, 2.75) is 26.8 Å². The number of esters is 1. The van der Waals surface area contributed by atoms with Gasteiger partial charge in [-0.05, 0) is 20.8 Å². The van der Waals surface area contributed by atoms with Crippen molar-refractivity contribution in [1.82, 2.24) is 15.8 Å². The highest BCUT2D eigenvalue weighted by Crippen LogP contribution is 2.25. The van der Waals surface area contributed by atoms with Gasteiger partial charge in [0.15, 0.2) is 6.61 Å². The molecule has 0 bridgehead atoms. The summed E-state index contributed by atoms with van der Waals surface area (Å²) in [7, 11) is 0. The van der Waals surface area contributed by atoms with E-state index in [1.807, 2.05) is 18.2 Å². The van der Waals surface area contributed by atoms with Crippen LogP contribution in [-0.2, 0) is 14.3 Å². The van der Waals surface area contributed by atoms with E-state index < -0.39 is 24.5 Å². The number of aromatic nitrogens is 1. The Labute approximate surface area is 150 Å². The largest absolute Gasteiger partial charge is 0.452 e. The van der Waals surface area contributed by atoms with Gasteiger partial charge in [0.1, 0.15) is 23.1 Å². The van der Waals surface area contributed by atoms with E-state index >= 15 is 0 Å². The zero-order chi connectivity index (χ0) is 19.1. The summed E-state index contributed by atoms with van der Waals surface area (Å²) in [5.41, 5.74) is 1.22. The Morgan fingerprint density at radius 1 is 1.23 bits per heavy atom. The van der Waals surface area contributed by atoms with E-state index in [2.05, 4.69) is 15.8 Å². The van der Waals surface area contributed by atoms with Gasteiger partial charge in [-0.3, -0.25) is 9.59 Å². The molecule has 26 heavy (non-hydrogen) atoms. The number of nitrogens with zero attached hydrogens (tertiary/aromatic N) is 1. The van der Waals surface area contributed by atoms with Gasteiger partial charge in [-0.25, -0.2) is 4.79 Å². The Morgan fingerprint density at radius 3 is 2.58 bits per heavy atom. The third kappa shape index (κ3) is 4.69. The van der Waals surface area contributed by atoms with Gasteiger partial charge in [-0.2, -0.15) is 0 Å². The van der Waals surface area contributed by atoms with Crippen LogP contribution in [0.2, 0.25) is 0 Å². The first-order chi connectivity index (χ1) is 12.4. The number of rotatable bonds is 7. The number of hydrogen-bond acceptors (Lipinski definition) is 6. The topological polar surface area (TPSA) is 111 Å². The van der Waals surface area contributed by atoms with Gasteiger partial charge in [0, 0.05) is 12.1 Å². The van der Waals surface area contributed by atoms with Gasteiger partial charge >= 0.3 is 5.97 Å². The van der Waals surface area contributed by atoms with Crippen molar-refractivity contribution >= 4 is 17.8 Å². The fraction of sp³-hybridized carbons (Fsp3) is 0.333. The zero-order valence-electron chi connectivity index (χ0n) is 14.9. The minimum atomic E-state index is -0.724. The van der Waals surface area contributed by atoms with E-state index in [1.54, 1.807) is 32.9 Å². The number of nitrogens with one attached hydrogen (secondary N) is 2. The predicted molar refractivity (Wildman–Crippen MR) is 93.2 cm³/mol. The molecule has 0 unspecified atom stereocenters.